The zero-order valence-electron chi connectivity index (χ0n) is 19.1. The quantitative estimate of drug-likeness (QED) is 0.261. The zero-order chi connectivity index (χ0) is 21.8. The average molecular weight is 424 g/mol. The Labute approximate surface area is 182 Å². The number of nitrogens with zero attached hydrogens (tertiary/aromatic N) is 2. The third-order valence-electron chi connectivity index (χ3n) is 6.35. The number of nitrogens with one attached hydrogen (secondary N) is 1. The highest BCUT2D eigenvalue weighted by Crippen LogP contribution is 2.30. The van der Waals surface area contributed by atoms with Crippen LogP contribution in [0.2, 0.25) is 0 Å². The van der Waals surface area contributed by atoms with Gasteiger partial charge in [0, 0.05) is 31.5 Å². The fourth-order valence-corrected chi connectivity index (χ4v) is 3.98. The summed E-state index contributed by atoms with van der Waals surface area (Å²) < 4.78 is 12.4. The van der Waals surface area contributed by atoms with Gasteiger partial charge in [0.25, 0.3) is 0 Å². The minimum absolute atomic E-state index is 0.0524. The second-order valence-corrected chi connectivity index (χ2v) is 8.87. The molecule has 2 saturated carbocycles. The van der Waals surface area contributed by atoms with E-state index < -0.39 is 0 Å². The first-order valence-corrected chi connectivity index (χ1v) is 11.9. The Bertz CT molecular complexity index is 549. The molecule has 0 saturated heterocycles. The van der Waals surface area contributed by atoms with Gasteiger partial charge in [-0.1, -0.05) is 27.2 Å². The molecule has 1 N–H and O–H groups in total. The highest BCUT2D eigenvalue weighted by atomic mass is 16.5. The first-order valence-electron chi connectivity index (χ1n) is 11.9. The number of hydrogen-bond donors (Lipinski definition) is 1. The summed E-state index contributed by atoms with van der Waals surface area (Å²) in [5.74, 6) is 0.766. The van der Waals surface area contributed by atoms with Gasteiger partial charge < -0.3 is 19.7 Å². The Morgan fingerprint density at radius 3 is 2.70 bits per heavy atom. The molecule has 0 spiro atoms. The smallest absolute Gasteiger partial charge is 0.317 e. The third-order valence-corrected chi connectivity index (χ3v) is 6.35. The van der Waals surface area contributed by atoms with Gasteiger partial charge in [0.15, 0.2) is 0 Å². The van der Waals surface area contributed by atoms with Crippen LogP contribution in [0.4, 0.5) is 4.79 Å². The van der Waals surface area contributed by atoms with E-state index in [-0.39, 0.29) is 24.2 Å². The van der Waals surface area contributed by atoms with Crippen LogP contribution in [-0.2, 0) is 14.3 Å². The lowest BCUT2D eigenvalue weighted by Crippen LogP contribution is -2.44. The van der Waals surface area contributed by atoms with Gasteiger partial charge in [0.1, 0.15) is 0 Å². The van der Waals surface area contributed by atoms with Crippen LogP contribution in [0.3, 0.4) is 0 Å². The number of carbonyl (C=O) groups is 1. The summed E-state index contributed by atoms with van der Waals surface area (Å²) in [6.07, 6.45) is 10.2. The molecule has 0 aromatic heterocycles. The van der Waals surface area contributed by atoms with Crippen molar-refractivity contribution in [2.24, 2.45) is 16.8 Å². The highest BCUT2D eigenvalue weighted by Gasteiger charge is 2.33. The first kappa shape index (κ1) is 24.8. The summed E-state index contributed by atoms with van der Waals surface area (Å²) in [5, 5.41) is 3.03. The monoisotopic (exact) mass is 423 g/mol. The summed E-state index contributed by atoms with van der Waals surface area (Å²) in [7, 11) is 0. The summed E-state index contributed by atoms with van der Waals surface area (Å²) >= 11 is 0. The molecule has 30 heavy (non-hydrogen) atoms. The minimum atomic E-state index is 0.0524. The van der Waals surface area contributed by atoms with Gasteiger partial charge in [-0.05, 0) is 44.4 Å². The van der Waals surface area contributed by atoms with Crippen molar-refractivity contribution in [2.75, 3.05) is 32.8 Å². The summed E-state index contributed by atoms with van der Waals surface area (Å²) in [6, 6.07) is 0.439. The topological polar surface area (TPSA) is 80.2 Å². The Morgan fingerprint density at radius 2 is 2.03 bits per heavy atom. The number of amides is 2. The van der Waals surface area contributed by atoms with Crippen LogP contribution >= 0.6 is 0 Å². The van der Waals surface area contributed by atoms with Gasteiger partial charge in [-0.25, -0.2) is 14.6 Å². The van der Waals surface area contributed by atoms with E-state index in [1.165, 1.54) is 0 Å². The number of hydrogen-bond acceptors (Lipinski definition) is 5. The van der Waals surface area contributed by atoms with E-state index in [1.54, 1.807) is 6.08 Å². The van der Waals surface area contributed by atoms with Gasteiger partial charge in [-0.3, -0.25) is 0 Å². The Morgan fingerprint density at radius 1 is 1.23 bits per heavy atom. The van der Waals surface area contributed by atoms with Crippen molar-refractivity contribution in [3.63, 3.8) is 0 Å². The van der Waals surface area contributed by atoms with Crippen molar-refractivity contribution in [2.45, 2.75) is 90.4 Å². The van der Waals surface area contributed by atoms with Crippen molar-refractivity contribution in [1.29, 1.82) is 0 Å². The number of isocyanates is 1. The summed E-state index contributed by atoms with van der Waals surface area (Å²) in [5.41, 5.74) is 0. The largest absolute Gasteiger partial charge is 0.377 e. The van der Waals surface area contributed by atoms with E-state index in [0.29, 0.717) is 38.3 Å². The number of carbonyl (C=O) groups excluding carboxylic acids is 2. The van der Waals surface area contributed by atoms with E-state index in [9.17, 15) is 9.59 Å². The predicted molar refractivity (Wildman–Crippen MR) is 117 cm³/mol. The van der Waals surface area contributed by atoms with Crippen LogP contribution in [-0.4, -0.2) is 68.1 Å². The molecular formula is C23H41N3O4. The summed E-state index contributed by atoms with van der Waals surface area (Å²) in [6.45, 7) is 9.54. The second kappa shape index (κ2) is 13.8. The fourth-order valence-electron chi connectivity index (χ4n) is 3.98. The van der Waals surface area contributed by atoms with Crippen LogP contribution in [0.15, 0.2) is 4.99 Å². The van der Waals surface area contributed by atoms with Crippen LogP contribution in [0, 0.1) is 11.8 Å². The molecule has 0 aromatic carbocycles. The average Bonchev–Trinajstić information content (AvgIpc) is 3.58. The van der Waals surface area contributed by atoms with Gasteiger partial charge in [-0.2, -0.15) is 0 Å². The number of ether oxygens (including phenoxy) is 2. The molecule has 2 unspecified atom stereocenters. The molecule has 0 aromatic rings. The molecule has 0 bridgehead atoms. The van der Waals surface area contributed by atoms with Crippen LogP contribution < -0.4 is 5.32 Å². The molecule has 7 heteroatoms. The van der Waals surface area contributed by atoms with Crippen molar-refractivity contribution < 1.29 is 19.1 Å². The number of aliphatic imine (C=N–C) groups is 1. The Balaban J connectivity index is 1.72. The van der Waals surface area contributed by atoms with E-state index >= 15 is 0 Å². The molecule has 0 radical (unpaired) electrons. The molecule has 7 nitrogen and oxygen atoms in total. The number of unbranched alkanes of at least 4 members (excludes halogenated alkanes) is 1. The van der Waals surface area contributed by atoms with Gasteiger partial charge >= 0.3 is 6.03 Å². The molecule has 2 amide bonds. The maximum Gasteiger partial charge on any atom is 0.317 e. The van der Waals surface area contributed by atoms with Crippen molar-refractivity contribution in [3.8, 4) is 0 Å². The van der Waals surface area contributed by atoms with Crippen LogP contribution in [0.25, 0.3) is 0 Å². The van der Waals surface area contributed by atoms with Gasteiger partial charge in [-0.15, -0.1) is 0 Å². The number of rotatable bonds is 14. The molecule has 2 rings (SSSR count). The maximum absolute atomic E-state index is 12.4. The zero-order valence-corrected chi connectivity index (χ0v) is 19.1. The third kappa shape index (κ3) is 8.75. The molecule has 2 fully saturated rings. The number of urea groups is 1. The first-order chi connectivity index (χ1) is 14.6. The Hall–Kier alpha value is -1.43. The lowest BCUT2D eigenvalue weighted by molar-refractivity contribution is -0.0766. The van der Waals surface area contributed by atoms with Crippen molar-refractivity contribution in [3.05, 3.63) is 0 Å². The van der Waals surface area contributed by atoms with Gasteiger partial charge in [0.05, 0.1) is 32.0 Å². The van der Waals surface area contributed by atoms with E-state index in [2.05, 4.69) is 31.1 Å². The fraction of sp³-hybridized carbons (Fsp3) is 0.913. The van der Waals surface area contributed by atoms with Gasteiger partial charge in [0.2, 0.25) is 6.08 Å². The molecular weight excluding hydrogens is 382 g/mol. The highest BCUT2D eigenvalue weighted by molar-refractivity contribution is 5.74. The molecule has 0 aliphatic heterocycles. The molecule has 2 aliphatic carbocycles. The van der Waals surface area contributed by atoms with Crippen LogP contribution in [0.1, 0.15) is 72.1 Å². The normalized spacial score (nSPS) is 24.7. The minimum Gasteiger partial charge on any atom is -0.377 e. The summed E-state index contributed by atoms with van der Waals surface area (Å²) in [4.78, 5) is 28.4. The van der Waals surface area contributed by atoms with Crippen molar-refractivity contribution in [1.82, 2.24) is 10.2 Å². The lowest BCUT2D eigenvalue weighted by atomic mass is 9.86. The second-order valence-electron chi connectivity index (χ2n) is 8.87. The predicted octanol–water partition coefficient (Wildman–Crippen LogP) is 3.91. The van der Waals surface area contributed by atoms with E-state index in [4.69, 9.17) is 9.47 Å². The van der Waals surface area contributed by atoms with Crippen molar-refractivity contribution >= 4 is 12.1 Å². The van der Waals surface area contributed by atoms with E-state index in [1.807, 2.05) is 4.90 Å². The van der Waals surface area contributed by atoms with E-state index in [0.717, 1.165) is 57.9 Å². The van der Waals surface area contributed by atoms with Crippen LogP contribution in [0.5, 0.6) is 0 Å². The standard InChI is InChI=1S/C23H41N3O4/c1-4-6-11-25-23(28)26(20-8-9-20)12-13-29-21-10-7-18(3)22(14-21)30-16-19(5-2)15-24-17-27/h18-22H,4-16H2,1-3H3,(H,25,28)/t18?,19?,21-,22-/m0/s1. The SMILES string of the molecule is CCCCNC(=O)N(CCO[C@H]1CCC(C)[C@@H](OCC(CC)CN=C=O)C1)C1CC1. The molecule has 4 atom stereocenters. The Kier molecular flexibility index (Phi) is 11.4. The molecule has 172 valence electrons. The molecule has 0 heterocycles. The molecule has 2 aliphatic rings. The maximum atomic E-state index is 12.4. The lowest BCUT2D eigenvalue weighted by Gasteiger charge is -2.35.